The number of benzene rings is 2. The van der Waals surface area contributed by atoms with Crippen LogP contribution in [-0.4, -0.2) is 33.3 Å². The van der Waals surface area contributed by atoms with Gasteiger partial charge in [0.2, 0.25) is 15.9 Å². The molecule has 138 valence electrons. The van der Waals surface area contributed by atoms with E-state index in [9.17, 15) is 22.4 Å². The summed E-state index contributed by atoms with van der Waals surface area (Å²) in [6.07, 6.45) is 0. The molecule has 26 heavy (non-hydrogen) atoms. The molecule has 0 heterocycles. The first-order valence-electron chi connectivity index (χ1n) is 7.69. The van der Waals surface area contributed by atoms with E-state index >= 15 is 0 Å². The second-order valence-electron chi connectivity index (χ2n) is 5.37. The third-order valence-corrected chi connectivity index (χ3v) is 4.74. The van der Waals surface area contributed by atoms with E-state index in [1.165, 1.54) is 31.2 Å². The molecule has 0 aliphatic rings. The molecule has 0 radical (unpaired) electrons. The molecule has 2 rings (SSSR count). The molecule has 7 nitrogen and oxygen atoms in total. The minimum Gasteiger partial charge on any atom is -0.351 e. The Morgan fingerprint density at radius 3 is 2.35 bits per heavy atom. The SMILES string of the molecule is CC(=O)Nc1ccc(C(=O)NCCNS(=O)(=O)c2cccc(F)c2)cc1. The first-order valence-corrected chi connectivity index (χ1v) is 9.17. The maximum absolute atomic E-state index is 13.1. The van der Waals surface area contributed by atoms with Crippen molar-refractivity contribution in [3.8, 4) is 0 Å². The van der Waals surface area contributed by atoms with Crippen LogP contribution in [0.2, 0.25) is 0 Å². The third kappa shape index (κ3) is 5.64. The van der Waals surface area contributed by atoms with Gasteiger partial charge in [-0.3, -0.25) is 9.59 Å². The quantitative estimate of drug-likeness (QED) is 0.634. The number of hydrogen-bond acceptors (Lipinski definition) is 4. The Kier molecular flexibility index (Phi) is 6.42. The van der Waals surface area contributed by atoms with Crippen LogP contribution in [0.1, 0.15) is 17.3 Å². The fourth-order valence-corrected chi connectivity index (χ4v) is 3.15. The Labute approximate surface area is 150 Å². The lowest BCUT2D eigenvalue weighted by molar-refractivity contribution is -0.114. The number of amides is 2. The minimum atomic E-state index is -3.84. The van der Waals surface area contributed by atoms with Gasteiger partial charge in [-0.25, -0.2) is 17.5 Å². The second-order valence-corrected chi connectivity index (χ2v) is 7.14. The fraction of sp³-hybridized carbons (Fsp3) is 0.176. The molecule has 3 N–H and O–H groups in total. The molecule has 0 aromatic heterocycles. The molecule has 2 amide bonds. The summed E-state index contributed by atoms with van der Waals surface area (Å²) >= 11 is 0. The monoisotopic (exact) mass is 379 g/mol. The molecular weight excluding hydrogens is 361 g/mol. The average molecular weight is 379 g/mol. The van der Waals surface area contributed by atoms with Crippen molar-refractivity contribution < 1.29 is 22.4 Å². The Hall–Kier alpha value is -2.78. The van der Waals surface area contributed by atoms with Gasteiger partial charge in [-0.05, 0) is 42.5 Å². The molecule has 0 unspecified atom stereocenters. The van der Waals surface area contributed by atoms with Gasteiger partial charge < -0.3 is 10.6 Å². The number of halogens is 1. The number of anilines is 1. The smallest absolute Gasteiger partial charge is 0.251 e. The van der Waals surface area contributed by atoms with Gasteiger partial charge in [0.05, 0.1) is 4.90 Å². The van der Waals surface area contributed by atoms with E-state index in [4.69, 9.17) is 0 Å². The predicted octanol–water partition coefficient (Wildman–Crippen LogP) is 1.49. The fourth-order valence-electron chi connectivity index (χ4n) is 2.09. The third-order valence-electron chi connectivity index (χ3n) is 3.28. The largest absolute Gasteiger partial charge is 0.351 e. The van der Waals surface area contributed by atoms with Gasteiger partial charge >= 0.3 is 0 Å². The summed E-state index contributed by atoms with van der Waals surface area (Å²) in [5.41, 5.74) is 0.934. The van der Waals surface area contributed by atoms with Crippen LogP contribution >= 0.6 is 0 Å². The van der Waals surface area contributed by atoms with E-state index in [0.29, 0.717) is 11.3 Å². The van der Waals surface area contributed by atoms with E-state index in [1.807, 2.05) is 0 Å². The van der Waals surface area contributed by atoms with Crippen molar-refractivity contribution in [3.05, 3.63) is 59.9 Å². The van der Waals surface area contributed by atoms with Crippen LogP contribution < -0.4 is 15.4 Å². The van der Waals surface area contributed by atoms with Crippen LogP contribution in [0.4, 0.5) is 10.1 Å². The van der Waals surface area contributed by atoms with Crippen molar-refractivity contribution >= 4 is 27.5 Å². The predicted molar refractivity (Wildman–Crippen MR) is 94.7 cm³/mol. The van der Waals surface area contributed by atoms with Crippen LogP contribution in [0.5, 0.6) is 0 Å². The van der Waals surface area contributed by atoms with Crippen molar-refractivity contribution in [2.45, 2.75) is 11.8 Å². The normalized spacial score (nSPS) is 11.0. The molecule has 9 heteroatoms. The molecule has 0 spiro atoms. The first-order chi connectivity index (χ1) is 12.3. The number of nitrogens with one attached hydrogen (secondary N) is 3. The number of sulfonamides is 1. The maximum Gasteiger partial charge on any atom is 0.251 e. The van der Waals surface area contributed by atoms with Crippen LogP contribution in [0.15, 0.2) is 53.4 Å². The van der Waals surface area contributed by atoms with E-state index in [1.54, 1.807) is 12.1 Å². The average Bonchev–Trinajstić information content (AvgIpc) is 2.58. The number of carbonyl (C=O) groups excluding carboxylic acids is 2. The topological polar surface area (TPSA) is 104 Å². The van der Waals surface area contributed by atoms with E-state index in [-0.39, 0.29) is 29.8 Å². The molecule has 0 aliphatic carbocycles. The zero-order valence-electron chi connectivity index (χ0n) is 14.0. The molecule has 0 fully saturated rings. The van der Waals surface area contributed by atoms with Crippen LogP contribution in [0.3, 0.4) is 0 Å². The van der Waals surface area contributed by atoms with E-state index < -0.39 is 15.8 Å². The van der Waals surface area contributed by atoms with Crippen LogP contribution in [-0.2, 0) is 14.8 Å². The number of carbonyl (C=O) groups is 2. The lowest BCUT2D eigenvalue weighted by Crippen LogP contribution is -2.34. The van der Waals surface area contributed by atoms with Crippen molar-refractivity contribution in [1.29, 1.82) is 0 Å². The Morgan fingerprint density at radius 1 is 1.04 bits per heavy atom. The second kappa shape index (κ2) is 8.54. The number of hydrogen-bond donors (Lipinski definition) is 3. The highest BCUT2D eigenvalue weighted by atomic mass is 32.2. The Balaban J connectivity index is 1.83. The molecule has 0 atom stereocenters. The Bertz CT molecular complexity index is 898. The van der Waals surface area contributed by atoms with Gasteiger partial charge in [0.15, 0.2) is 0 Å². The van der Waals surface area contributed by atoms with E-state index in [0.717, 1.165) is 12.1 Å². The van der Waals surface area contributed by atoms with Crippen molar-refractivity contribution in [3.63, 3.8) is 0 Å². The molecule has 2 aromatic rings. The molecule has 0 saturated carbocycles. The van der Waals surface area contributed by atoms with Crippen molar-refractivity contribution in [1.82, 2.24) is 10.0 Å². The summed E-state index contributed by atoms with van der Waals surface area (Å²) in [4.78, 5) is 22.8. The van der Waals surface area contributed by atoms with Crippen molar-refractivity contribution in [2.75, 3.05) is 18.4 Å². The molecule has 0 aliphatic heterocycles. The highest BCUT2D eigenvalue weighted by Gasteiger charge is 2.14. The zero-order valence-corrected chi connectivity index (χ0v) is 14.8. The minimum absolute atomic E-state index is 0.0471. The zero-order chi connectivity index (χ0) is 19.2. The van der Waals surface area contributed by atoms with Gasteiger partial charge in [0.1, 0.15) is 5.82 Å². The summed E-state index contributed by atoms with van der Waals surface area (Å²) in [7, 11) is -3.84. The van der Waals surface area contributed by atoms with Gasteiger partial charge in [-0.15, -0.1) is 0 Å². The molecular formula is C17H18FN3O4S. The van der Waals surface area contributed by atoms with Gasteiger partial charge in [0.25, 0.3) is 5.91 Å². The molecule has 2 aromatic carbocycles. The standard InChI is InChI=1S/C17H18FN3O4S/c1-12(22)21-15-7-5-13(6-8-15)17(23)19-9-10-20-26(24,25)16-4-2-3-14(18)11-16/h2-8,11,20H,9-10H2,1H3,(H,19,23)(H,21,22). The van der Waals surface area contributed by atoms with Gasteiger partial charge in [-0.2, -0.15) is 0 Å². The van der Waals surface area contributed by atoms with E-state index in [2.05, 4.69) is 15.4 Å². The van der Waals surface area contributed by atoms with Gasteiger partial charge in [0, 0.05) is 31.3 Å². The summed E-state index contributed by atoms with van der Waals surface area (Å²) in [6, 6.07) is 10.9. The summed E-state index contributed by atoms with van der Waals surface area (Å²) in [5.74, 6) is -1.25. The molecule has 0 saturated heterocycles. The van der Waals surface area contributed by atoms with Crippen LogP contribution in [0, 0.1) is 5.82 Å². The number of rotatable bonds is 7. The van der Waals surface area contributed by atoms with Crippen molar-refractivity contribution in [2.24, 2.45) is 0 Å². The summed E-state index contributed by atoms with van der Waals surface area (Å²) < 4.78 is 39.4. The van der Waals surface area contributed by atoms with Crippen LogP contribution in [0.25, 0.3) is 0 Å². The summed E-state index contributed by atoms with van der Waals surface area (Å²) in [6.45, 7) is 1.39. The lowest BCUT2D eigenvalue weighted by atomic mass is 10.2. The van der Waals surface area contributed by atoms with Gasteiger partial charge in [-0.1, -0.05) is 6.07 Å². The lowest BCUT2D eigenvalue weighted by Gasteiger charge is -2.09. The first kappa shape index (κ1) is 19.5. The Morgan fingerprint density at radius 2 is 1.73 bits per heavy atom. The summed E-state index contributed by atoms with van der Waals surface area (Å²) in [5, 5.41) is 5.15. The maximum atomic E-state index is 13.1. The highest BCUT2D eigenvalue weighted by molar-refractivity contribution is 7.89. The molecule has 0 bridgehead atoms. The highest BCUT2D eigenvalue weighted by Crippen LogP contribution is 2.10.